The number of ether oxygens (including phenoxy) is 1. The van der Waals surface area contributed by atoms with Gasteiger partial charge in [0.1, 0.15) is 6.10 Å². The zero-order valence-corrected chi connectivity index (χ0v) is 11.2. The highest BCUT2D eigenvalue weighted by molar-refractivity contribution is 5.98. The second-order valence-corrected chi connectivity index (χ2v) is 4.77. The molecule has 1 aromatic rings. The van der Waals surface area contributed by atoms with Crippen LogP contribution in [0.4, 0.5) is 5.69 Å². The maximum atomic E-state index is 11.9. The largest absolute Gasteiger partial charge is 0.368 e. The minimum absolute atomic E-state index is 0.0896. The topological polar surface area (TPSA) is 58.6 Å². The predicted octanol–water partition coefficient (Wildman–Crippen LogP) is 1.51. The molecule has 5 nitrogen and oxygen atoms in total. The number of anilines is 1. The van der Waals surface area contributed by atoms with E-state index in [9.17, 15) is 9.59 Å². The molecule has 0 saturated carbocycles. The molecule has 5 heteroatoms. The van der Waals surface area contributed by atoms with Gasteiger partial charge in [-0.25, -0.2) is 0 Å². The number of carbonyl (C=O) groups is 2. The minimum Gasteiger partial charge on any atom is -0.368 e. The average molecular weight is 262 g/mol. The molecular formula is C14H18N2O3. The molecule has 2 amide bonds. The molecule has 0 bridgehead atoms. The standard InChI is InChI=1S/C14H18N2O3/c1-16(2)14(18)10-5-3-6-11(9-10)15-13(17)12-7-4-8-19-12/h3,5-6,9,12H,4,7-8H2,1-2H3,(H,15,17). The van der Waals surface area contributed by atoms with Crippen LogP contribution in [0.3, 0.4) is 0 Å². The zero-order chi connectivity index (χ0) is 13.8. The third kappa shape index (κ3) is 3.32. The maximum absolute atomic E-state index is 11.9. The minimum atomic E-state index is -0.367. The summed E-state index contributed by atoms with van der Waals surface area (Å²) in [5, 5.41) is 2.78. The van der Waals surface area contributed by atoms with Gasteiger partial charge in [0, 0.05) is 32.0 Å². The fourth-order valence-electron chi connectivity index (χ4n) is 2.00. The van der Waals surface area contributed by atoms with Crippen molar-refractivity contribution in [3.05, 3.63) is 29.8 Å². The maximum Gasteiger partial charge on any atom is 0.253 e. The van der Waals surface area contributed by atoms with E-state index < -0.39 is 0 Å². The lowest BCUT2D eigenvalue weighted by molar-refractivity contribution is -0.124. The van der Waals surface area contributed by atoms with E-state index >= 15 is 0 Å². The molecule has 102 valence electrons. The van der Waals surface area contributed by atoms with Gasteiger partial charge in [0.2, 0.25) is 0 Å². The Bertz CT molecular complexity index is 479. The molecule has 1 heterocycles. The first-order valence-electron chi connectivity index (χ1n) is 6.32. The average Bonchev–Trinajstić information content (AvgIpc) is 2.92. The smallest absolute Gasteiger partial charge is 0.253 e. The van der Waals surface area contributed by atoms with Crippen LogP contribution in [0.25, 0.3) is 0 Å². The third-order valence-electron chi connectivity index (χ3n) is 3.01. The van der Waals surface area contributed by atoms with Crippen molar-refractivity contribution in [3.8, 4) is 0 Å². The summed E-state index contributed by atoms with van der Waals surface area (Å²) in [5.41, 5.74) is 1.17. The third-order valence-corrected chi connectivity index (χ3v) is 3.01. The lowest BCUT2D eigenvalue weighted by atomic mass is 10.1. The molecule has 1 aliphatic heterocycles. The summed E-state index contributed by atoms with van der Waals surface area (Å²) in [6.07, 6.45) is 1.30. The van der Waals surface area contributed by atoms with Gasteiger partial charge in [-0.2, -0.15) is 0 Å². The highest BCUT2D eigenvalue weighted by atomic mass is 16.5. The number of nitrogens with one attached hydrogen (secondary N) is 1. The van der Waals surface area contributed by atoms with E-state index in [0.29, 0.717) is 17.9 Å². The number of rotatable bonds is 3. The molecule has 1 saturated heterocycles. The summed E-state index contributed by atoms with van der Waals surface area (Å²) >= 11 is 0. The number of hydrogen-bond donors (Lipinski definition) is 1. The molecule has 1 atom stereocenters. The number of carbonyl (C=O) groups excluding carboxylic acids is 2. The normalized spacial score (nSPS) is 18.1. The van der Waals surface area contributed by atoms with E-state index in [0.717, 1.165) is 12.8 Å². The quantitative estimate of drug-likeness (QED) is 0.898. The fourth-order valence-corrected chi connectivity index (χ4v) is 2.00. The Kier molecular flexibility index (Phi) is 4.16. The van der Waals surface area contributed by atoms with Crippen LogP contribution in [0.5, 0.6) is 0 Å². The highest BCUT2D eigenvalue weighted by Gasteiger charge is 2.23. The van der Waals surface area contributed by atoms with Crippen molar-refractivity contribution >= 4 is 17.5 Å². The summed E-state index contributed by atoms with van der Waals surface area (Å²) < 4.78 is 5.32. The second-order valence-electron chi connectivity index (χ2n) is 4.77. The van der Waals surface area contributed by atoms with Crippen LogP contribution in [0, 0.1) is 0 Å². The van der Waals surface area contributed by atoms with Gasteiger partial charge >= 0.3 is 0 Å². The molecule has 1 aromatic carbocycles. The van der Waals surface area contributed by atoms with E-state index in [1.807, 2.05) is 0 Å². The van der Waals surface area contributed by atoms with Gasteiger partial charge in [-0.3, -0.25) is 9.59 Å². The van der Waals surface area contributed by atoms with Crippen molar-refractivity contribution in [2.45, 2.75) is 18.9 Å². The van der Waals surface area contributed by atoms with Gasteiger partial charge in [-0.1, -0.05) is 6.07 Å². The molecular weight excluding hydrogens is 244 g/mol. The van der Waals surface area contributed by atoms with Crippen LogP contribution in [0.2, 0.25) is 0 Å². The van der Waals surface area contributed by atoms with Crippen molar-refractivity contribution in [3.63, 3.8) is 0 Å². The Morgan fingerprint density at radius 1 is 1.37 bits per heavy atom. The van der Waals surface area contributed by atoms with Crippen LogP contribution in [0.1, 0.15) is 23.2 Å². The number of benzene rings is 1. The Labute approximate surface area is 112 Å². The van der Waals surface area contributed by atoms with Crippen LogP contribution < -0.4 is 5.32 Å². The highest BCUT2D eigenvalue weighted by Crippen LogP contribution is 2.16. The molecule has 0 radical (unpaired) electrons. The predicted molar refractivity (Wildman–Crippen MR) is 72.1 cm³/mol. The SMILES string of the molecule is CN(C)C(=O)c1cccc(NC(=O)C2CCCO2)c1. The van der Waals surface area contributed by atoms with E-state index in [1.165, 1.54) is 4.90 Å². The Morgan fingerprint density at radius 2 is 2.16 bits per heavy atom. The van der Waals surface area contributed by atoms with Gasteiger partial charge in [-0.15, -0.1) is 0 Å². The molecule has 0 spiro atoms. The lowest BCUT2D eigenvalue weighted by Crippen LogP contribution is -2.27. The monoisotopic (exact) mass is 262 g/mol. The Balaban J connectivity index is 2.06. The molecule has 0 aliphatic carbocycles. The Morgan fingerprint density at radius 3 is 2.79 bits per heavy atom. The van der Waals surface area contributed by atoms with Gasteiger partial charge in [-0.05, 0) is 31.0 Å². The summed E-state index contributed by atoms with van der Waals surface area (Å²) in [6, 6.07) is 6.92. The van der Waals surface area contributed by atoms with Gasteiger partial charge in [0.05, 0.1) is 0 Å². The lowest BCUT2D eigenvalue weighted by Gasteiger charge is -2.13. The van der Waals surface area contributed by atoms with Gasteiger partial charge in [0.15, 0.2) is 0 Å². The van der Waals surface area contributed by atoms with Crippen molar-refractivity contribution in [1.82, 2.24) is 4.90 Å². The second kappa shape index (κ2) is 5.84. The first kappa shape index (κ1) is 13.5. The Hall–Kier alpha value is -1.88. The van der Waals surface area contributed by atoms with Crippen LogP contribution in [-0.2, 0) is 9.53 Å². The molecule has 1 N–H and O–H groups in total. The summed E-state index contributed by atoms with van der Waals surface area (Å²) in [5.74, 6) is -0.236. The van der Waals surface area contributed by atoms with Crippen LogP contribution in [-0.4, -0.2) is 43.5 Å². The molecule has 2 rings (SSSR count). The first-order valence-corrected chi connectivity index (χ1v) is 6.32. The summed E-state index contributed by atoms with van der Waals surface area (Å²) in [6.45, 7) is 0.636. The molecule has 1 unspecified atom stereocenters. The van der Waals surface area contributed by atoms with Crippen molar-refractivity contribution < 1.29 is 14.3 Å². The van der Waals surface area contributed by atoms with Crippen molar-refractivity contribution in [1.29, 1.82) is 0 Å². The number of hydrogen-bond acceptors (Lipinski definition) is 3. The molecule has 0 aromatic heterocycles. The fraction of sp³-hybridized carbons (Fsp3) is 0.429. The van der Waals surface area contributed by atoms with E-state index in [4.69, 9.17) is 4.74 Å². The summed E-state index contributed by atoms with van der Waals surface area (Å²) in [4.78, 5) is 25.2. The van der Waals surface area contributed by atoms with Crippen molar-refractivity contribution in [2.75, 3.05) is 26.0 Å². The molecule has 1 fully saturated rings. The summed E-state index contributed by atoms with van der Waals surface area (Å²) in [7, 11) is 3.39. The van der Waals surface area contributed by atoms with Crippen LogP contribution in [0.15, 0.2) is 24.3 Å². The number of amides is 2. The zero-order valence-electron chi connectivity index (χ0n) is 11.2. The van der Waals surface area contributed by atoms with E-state index in [2.05, 4.69) is 5.32 Å². The van der Waals surface area contributed by atoms with Gasteiger partial charge in [0.25, 0.3) is 11.8 Å². The van der Waals surface area contributed by atoms with E-state index in [-0.39, 0.29) is 17.9 Å². The van der Waals surface area contributed by atoms with Crippen LogP contribution >= 0.6 is 0 Å². The van der Waals surface area contributed by atoms with Gasteiger partial charge < -0.3 is 15.0 Å². The van der Waals surface area contributed by atoms with Crippen molar-refractivity contribution in [2.24, 2.45) is 0 Å². The molecule has 19 heavy (non-hydrogen) atoms. The van der Waals surface area contributed by atoms with E-state index in [1.54, 1.807) is 38.4 Å². The first-order chi connectivity index (χ1) is 9.08. The molecule has 1 aliphatic rings. The number of nitrogens with zero attached hydrogens (tertiary/aromatic N) is 1.